The quantitative estimate of drug-likeness (QED) is 0.122. The number of rotatable bonds is 4. The molecular weight excluding hydrogens is 889 g/mol. The van der Waals surface area contributed by atoms with Crippen molar-refractivity contribution in [3.05, 3.63) is 213 Å². The topological polar surface area (TPSA) is 0 Å². The van der Waals surface area contributed by atoms with E-state index >= 15 is 0 Å². The molecule has 0 heteroatoms. The van der Waals surface area contributed by atoms with Gasteiger partial charge in [-0.2, -0.15) is 0 Å². The monoisotopic (exact) mass is 932 g/mol. The lowest BCUT2D eigenvalue weighted by atomic mass is 9.79. The van der Waals surface area contributed by atoms with Crippen LogP contribution in [0.25, 0.3) is 110 Å². The van der Waals surface area contributed by atoms with Gasteiger partial charge in [0.2, 0.25) is 0 Å². The fourth-order valence-corrected chi connectivity index (χ4v) is 12.9. The Balaban J connectivity index is 1.05. The third-order valence-corrected chi connectivity index (χ3v) is 16.5. The van der Waals surface area contributed by atoms with Crippen molar-refractivity contribution in [1.29, 1.82) is 0 Å². The Morgan fingerprint density at radius 2 is 0.770 bits per heavy atom. The minimum atomic E-state index is -0.234. The Labute approximate surface area is 433 Å². The van der Waals surface area contributed by atoms with Gasteiger partial charge < -0.3 is 0 Å². The van der Waals surface area contributed by atoms with Gasteiger partial charge in [0, 0.05) is 44.2 Å². The van der Waals surface area contributed by atoms with E-state index in [9.17, 15) is 0 Å². The van der Waals surface area contributed by atoms with Crippen molar-refractivity contribution in [3.63, 3.8) is 0 Å². The Morgan fingerprint density at radius 1 is 0.297 bits per heavy atom. The first-order valence-corrected chi connectivity index (χ1v) is 24.8. The molecule has 0 heterocycles. The van der Waals surface area contributed by atoms with Crippen LogP contribution in [0.1, 0.15) is 83.3 Å². The van der Waals surface area contributed by atoms with Crippen molar-refractivity contribution in [2.24, 2.45) is 0 Å². The summed E-state index contributed by atoms with van der Waals surface area (Å²) < 4.78 is 0. The molecule has 0 radical (unpaired) electrons. The molecule has 2 aliphatic rings. The van der Waals surface area contributed by atoms with Gasteiger partial charge in [-0.15, -0.1) is 38.5 Å². The summed E-state index contributed by atoms with van der Waals surface area (Å²) in [5, 5.41) is 9.86. The Bertz CT molecular complexity index is 4650. The summed E-state index contributed by atoms with van der Waals surface area (Å²) in [6.07, 6.45) is 37.2. The lowest BCUT2D eigenvalue weighted by Crippen LogP contribution is -2.17. The molecule has 0 amide bonds. The molecule has 340 valence electrons. The van der Waals surface area contributed by atoms with Crippen molar-refractivity contribution < 1.29 is 0 Å². The Morgan fingerprint density at radius 3 is 1.43 bits per heavy atom. The van der Waals surface area contributed by atoms with E-state index in [1.807, 2.05) is 48.5 Å². The van der Waals surface area contributed by atoms with Crippen LogP contribution in [0.3, 0.4) is 0 Å². The molecule has 0 spiro atoms. The molecule has 0 unspecified atom stereocenters. The van der Waals surface area contributed by atoms with Crippen LogP contribution >= 0.6 is 0 Å². The number of terminal acetylenes is 6. The molecule has 0 nitrogen and oxygen atoms in total. The lowest BCUT2D eigenvalue weighted by molar-refractivity contribution is 0.652. The van der Waals surface area contributed by atoms with E-state index in [-0.39, 0.29) is 10.8 Å². The van der Waals surface area contributed by atoms with Gasteiger partial charge in [0.1, 0.15) is 0 Å². The van der Waals surface area contributed by atoms with E-state index in [0.717, 1.165) is 49.9 Å². The van der Waals surface area contributed by atoms with Crippen molar-refractivity contribution in [2.75, 3.05) is 0 Å². The second-order valence-corrected chi connectivity index (χ2v) is 20.8. The number of hydrogen-bond donors (Lipinski definition) is 0. The highest BCUT2D eigenvalue weighted by atomic mass is 14.5. The summed E-state index contributed by atoms with van der Waals surface area (Å²) >= 11 is 0. The second-order valence-electron chi connectivity index (χ2n) is 20.8. The maximum absolute atomic E-state index is 6.48. The molecular formula is C74H44. The average molecular weight is 933 g/mol. The predicted molar refractivity (Wildman–Crippen MR) is 312 cm³/mol. The first-order chi connectivity index (χ1) is 35.9. The summed E-state index contributed by atoms with van der Waals surface area (Å²) in [7, 11) is 0. The van der Waals surface area contributed by atoms with E-state index in [1.54, 1.807) is 0 Å². The van der Waals surface area contributed by atoms with Crippen LogP contribution in [0.2, 0.25) is 0 Å². The highest BCUT2D eigenvalue weighted by molar-refractivity contribution is 6.28. The zero-order chi connectivity index (χ0) is 50.9. The van der Waals surface area contributed by atoms with Gasteiger partial charge in [0.05, 0.1) is 0 Å². The molecule has 11 aromatic rings. The van der Waals surface area contributed by atoms with Crippen molar-refractivity contribution in [3.8, 4) is 141 Å². The molecule has 2 aliphatic carbocycles. The standard InChI is InChI=1S/C74H44/c1-11-43-22-19-25-55(51(43)13-3)48-37-49(56-34-35-60(54(16-6)53(56)15-5)59-26-20-23-44(12-2)52(59)14-4)39-50(38-48)57-31-27-46-28-33-62-70-47(29-32-61(57)69(46)70)40-68-72(62)64-42-66-63(41-67(64)74(68,9)10)71-58-24-18-17-21-45(58)30-36-65(71)73(66,7)8/h1-6,17-42H,7-10H3. The summed E-state index contributed by atoms with van der Waals surface area (Å²) in [5.41, 5.74) is 21.0. The summed E-state index contributed by atoms with van der Waals surface area (Å²) in [6.45, 7) is 9.57. The van der Waals surface area contributed by atoms with E-state index in [0.29, 0.717) is 33.4 Å². The predicted octanol–water partition coefficient (Wildman–Crippen LogP) is 16.9. The van der Waals surface area contributed by atoms with E-state index in [4.69, 9.17) is 38.5 Å². The van der Waals surface area contributed by atoms with Crippen LogP contribution in [-0.2, 0) is 10.8 Å². The second kappa shape index (κ2) is 15.8. The van der Waals surface area contributed by atoms with Gasteiger partial charge in [-0.1, -0.05) is 172 Å². The smallest absolute Gasteiger partial charge is 0.0484 e. The highest BCUT2D eigenvalue weighted by Crippen LogP contribution is 2.59. The molecule has 0 aliphatic heterocycles. The first kappa shape index (κ1) is 44.1. The van der Waals surface area contributed by atoms with Crippen LogP contribution in [-0.4, -0.2) is 0 Å². The molecule has 0 bridgehead atoms. The molecule has 0 N–H and O–H groups in total. The molecule has 0 fully saturated rings. The molecule has 0 atom stereocenters. The van der Waals surface area contributed by atoms with Gasteiger partial charge in [-0.05, 0) is 181 Å². The fourth-order valence-electron chi connectivity index (χ4n) is 12.9. The molecule has 0 aromatic heterocycles. The maximum atomic E-state index is 6.48. The first-order valence-electron chi connectivity index (χ1n) is 24.8. The van der Waals surface area contributed by atoms with Crippen LogP contribution < -0.4 is 0 Å². The van der Waals surface area contributed by atoms with Gasteiger partial charge in [-0.3, -0.25) is 0 Å². The Kier molecular flexibility index (Phi) is 9.40. The van der Waals surface area contributed by atoms with Crippen LogP contribution in [0, 0.1) is 74.1 Å². The number of fused-ring (bicyclic) bond motifs is 9. The highest BCUT2D eigenvalue weighted by Gasteiger charge is 2.43. The summed E-state index contributed by atoms with van der Waals surface area (Å²) in [5.74, 6) is 17.2. The largest absolute Gasteiger partial charge is 0.115 e. The van der Waals surface area contributed by atoms with Crippen LogP contribution in [0.5, 0.6) is 0 Å². The van der Waals surface area contributed by atoms with Gasteiger partial charge in [0.15, 0.2) is 0 Å². The number of benzene rings is 11. The van der Waals surface area contributed by atoms with Crippen molar-refractivity contribution >= 4 is 43.1 Å². The summed E-state index contributed by atoms with van der Waals surface area (Å²) in [6, 6.07) is 56.8. The average Bonchev–Trinajstić information content (AvgIpc) is 3.83. The molecule has 0 saturated carbocycles. The minimum Gasteiger partial charge on any atom is -0.115 e. The Hall–Kier alpha value is -9.92. The molecule has 0 saturated heterocycles. The zero-order valence-electron chi connectivity index (χ0n) is 41.5. The summed E-state index contributed by atoms with van der Waals surface area (Å²) in [4.78, 5) is 0. The molecule has 11 aromatic carbocycles. The van der Waals surface area contributed by atoms with Crippen molar-refractivity contribution in [2.45, 2.75) is 38.5 Å². The van der Waals surface area contributed by atoms with Gasteiger partial charge >= 0.3 is 0 Å². The van der Waals surface area contributed by atoms with E-state index in [1.165, 1.54) is 82.2 Å². The van der Waals surface area contributed by atoms with Crippen LogP contribution in [0.15, 0.2) is 158 Å². The number of hydrogen-bond acceptors (Lipinski definition) is 0. The zero-order valence-corrected chi connectivity index (χ0v) is 41.5. The maximum Gasteiger partial charge on any atom is 0.0484 e. The molecule has 74 heavy (non-hydrogen) atoms. The third kappa shape index (κ3) is 5.90. The molecule has 13 rings (SSSR count). The van der Waals surface area contributed by atoms with Crippen molar-refractivity contribution in [1.82, 2.24) is 0 Å². The minimum absolute atomic E-state index is 0.170. The van der Waals surface area contributed by atoms with Gasteiger partial charge in [0.25, 0.3) is 0 Å². The van der Waals surface area contributed by atoms with Gasteiger partial charge in [-0.25, -0.2) is 0 Å². The third-order valence-electron chi connectivity index (χ3n) is 16.5. The van der Waals surface area contributed by atoms with E-state index in [2.05, 4.69) is 172 Å². The van der Waals surface area contributed by atoms with Crippen LogP contribution in [0.4, 0.5) is 0 Å². The normalized spacial score (nSPS) is 13.3. The van der Waals surface area contributed by atoms with E-state index < -0.39 is 0 Å². The lowest BCUT2D eigenvalue weighted by Gasteiger charge is -2.24. The fraction of sp³-hybridized carbons (Fsp3) is 0.0811. The SMILES string of the molecule is C#Cc1cccc(-c2cc(-c3ccc(-c4cccc(C#C)c4C#C)c(C#C)c3C#C)cc(-c3ccc4ccc5c6c(cc7ccc3c4c75)C(C)(C)c3cc4c(cc3-6)C(C)(C)c3ccc5ccccc5c3-4)c2)c1C#C.